The minimum absolute atomic E-state index is 0.0286. The molecule has 0 saturated carbocycles. The largest absolute Gasteiger partial charge is 0.326 e. The minimum Gasteiger partial charge on any atom is -0.307 e. The van der Waals surface area contributed by atoms with Gasteiger partial charge in [0.1, 0.15) is 10.3 Å². The van der Waals surface area contributed by atoms with Crippen molar-refractivity contribution in [3.05, 3.63) is 62.9 Å². The van der Waals surface area contributed by atoms with E-state index in [2.05, 4.69) is 22.2 Å². The Morgan fingerprint density at radius 2 is 1.88 bits per heavy atom. The van der Waals surface area contributed by atoms with Crippen molar-refractivity contribution in [2.24, 2.45) is 0 Å². The number of nitrogens with one attached hydrogen (secondary N) is 2. The van der Waals surface area contributed by atoms with Gasteiger partial charge in [-0.25, -0.2) is 9.78 Å². The average molecular weight is 413 g/mol. The molecular weight excluding hydrogens is 397 g/mol. The van der Waals surface area contributed by atoms with Gasteiger partial charge in [-0.05, 0) is 23.1 Å². The van der Waals surface area contributed by atoms with Crippen LogP contribution in [0.25, 0.3) is 6.08 Å². The lowest BCUT2D eigenvalue weighted by Crippen LogP contribution is -2.35. The van der Waals surface area contributed by atoms with Crippen LogP contribution in [-0.2, 0) is 0 Å². The van der Waals surface area contributed by atoms with Crippen LogP contribution in [0.2, 0.25) is 15.3 Å². The molecule has 0 atom stereocenters. The van der Waals surface area contributed by atoms with Gasteiger partial charge < -0.3 is 5.32 Å². The van der Waals surface area contributed by atoms with Crippen LogP contribution < -0.4 is 10.6 Å². The first-order valence-electron chi connectivity index (χ1n) is 7.63. The number of pyridine rings is 1. The number of anilines is 1. The number of benzene rings is 1. The molecule has 26 heavy (non-hydrogen) atoms. The zero-order valence-electron chi connectivity index (χ0n) is 14.1. The second-order valence-electron chi connectivity index (χ2n) is 5.68. The maximum absolute atomic E-state index is 12.3. The highest BCUT2D eigenvalue weighted by Crippen LogP contribution is 2.29. The molecule has 136 valence electrons. The zero-order chi connectivity index (χ0) is 19.4. The maximum Gasteiger partial charge on any atom is 0.326 e. The van der Waals surface area contributed by atoms with Crippen LogP contribution in [0.3, 0.4) is 0 Å². The third-order valence-corrected chi connectivity index (χ3v) is 4.53. The Hall–Kier alpha value is -2.08. The molecule has 0 bridgehead atoms. The van der Waals surface area contributed by atoms with Gasteiger partial charge in [0.2, 0.25) is 0 Å². The molecule has 2 N–H and O–H groups in total. The van der Waals surface area contributed by atoms with Gasteiger partial charge in [-0.1, -0.05) is 79.5 Å². The molecule has 1 heterocycles. The van der Waals surface area contributed by atoms with Crippen LogP contribution >= 0.6 is 34.8 Å². The lowest BCUT2D eigenvalue weighted by molar-refractivity contribution is 0.0967. The van der Waals surface area contributed by atoms with E-state index in [9.17, 15) is 9.59 Å². The highest BCUT2D eigenvalue weighted by molar-refractivity contribution is 6.42. The summed E-state index contributed by atoms with van der Waals surface area (Å²) < 4.78 is 0. The van der Waals surface area contributed by atoms with Crippen molar-refractivity contribution >= 4 is 58.5 Å². The second kappa shape index (κ2) is 8.54. The molecule has 2 aromatic rings. The topological polar surface area (TPSA) is 71.1 Å². The second-order valence-corrected chi connectivity index (χ2v) is 6.80. The molecule has 1 aromatic heterocycles. The van der Waals surface area contributed by atoms with Crippen LogP contribution in [0.4, 0.5) is 10.5 Å². The van der Waals surface area contributed by atoms with E-state index in [-0.39, 0.29) is 26.8 Å². The number of rotatable bonds is 4. The molecule has 0 aliphatic carbocycles. The molecule has 0 radical (unpaired) electrons. The Bertz CT molecular complexity index is 882. The number of urea groups is 1. The minimum atomic E-state index is -0.749. The number of nitrogens with zero attached hydrogens (tertiary/aromatic N) is 1. The van der Waals surface area contributed by atoms with Crippen LogP contribution in [0.1, 0.15) is 41.3 Å². The Morgan fingerprint density at radius 1 is 1.19 bits per heavy atom. The summed E-state index contributed by atoms with van der Waals surface area (Å²) >= 11 is 17.5. The molecule has 0 fully saturated rings. The number of amides is 3. The summed E-state index contributed by atoms with van der Waals surface area (Å²) in [4.78, 5) is 28.3. The summed E-state index contributed by atoms with van der Waals surface area (Å²) in [7, 11) is 0. The van der Waals surface area contributed by atoms with Crippen molar-refractivity contribution in [2.75, 3.05) is 5.32 Å². The van der Waals surface area contributed by atoms with Crippen molar-refractivity contribution < 1.29 is 9.59 Å². The lowest BCUT2D eigenvalue weighted by Gasteiger charge is -2.17. The number of halogens is 3. The maximum atomic E-state index is 12.3. The predicted octanol–water partition coefficient (Wildman–Crippen LogP) is 5.77. The fourth-order valence-corrected chi connectivity index (χ4v) is 2.86. The standard InChI is InChI=1S/C18H16Cl3N3O2/c1-4-10-6-5-7-11(9(2)3)14(10)22-18(26)24-17(25)12-8-13(19)16(21)23-15(12)20/h4-9H,1H2,2-3H3,(H2,22,24,25,26). The van der Waals surface area contributed by atoms with E-state index < -0.39 is 11.9 Å². The van der Waals surface area contributed by atoms with Gasteiger partial charge in [0, 0.05) is 0 Å². The van der Waals surface area contributed by atoms with Crippen LogP contribution in [0.5, 0.6) is 0 Å². The highest BCUT2D eigenvalue weighted by atomic mass is 35.5. The van der Waals surface area contributed by atoms with E-state index in [1.807, 2.05) is 32.0 Å². The SMILES string of the molecule is C=Cc1cccc(C(C)C)c1NC(=O)NC(=O)c1cc(Cl)c(Cl)nc1Cl. The van der Waals surface area contributed by atoms with E-state index in [0.717, 1.165) is 11.1 Å². The zero-order valence-corrected chi connectivity index (χ0v) is 16.3. The van der Waals surface area contributed by atoms with Gasteiger partial charge in [-0.2, -0.15) is 0 Å². The summed E-state index contributed by atoms with van der Waals surface area (Å²) in [6, 6.07) is 6.12. The predicted molar refractivity (Wildman–Crippen MR) is 106 cm³/mol. The van der Waals surface area contributed by atoms with Crippen molar-refractivity contribution in [1.82, 2.24) is 10.3 Å². The summed E-state index contributed by atoms with van der Waals surface area (Å²) in [6.07, 6.45) is 1.63. The molecule has 0 spiro atoms. The van der Waals surface area contributed by atoms with Gasteiger partial charge >= 0.3 is 6.03 Å². The number of imide groups is 1. The van der Waals surface area contributed by atoms with Gasteiger partial charge in [-0.15, -0.1) is 0 Å². The van der Waals surface area contributed by atoms with Crippen LogP contribution in [0, 0.1) is 0 Å². The Balaban J connectivity index is 2.23. The van der Waals surface area contributed by atoms with Crippen molar-refractivity contribution in [1.29, 1.82) is 0 Å². The normalized spacial score (nSPS) is 10.5. The molecular formula is C18H16Cl3N3O2. The summed E-state index contributed by atoms with van der Waals surface area (Å²) in [5.74, 6) is -0.588. The van der Waals surface area contributed by atoms with E-state index in [1.54, 1.807) is 6.08 Å². The molecule has 0 saturated heterocycles. The van der Waals surface area contributed by atoms with Crippen LogP contribution in [-0.4, -0.2) is 16.9 Å². The first kappa shape index (κ1) is 20.2. The fraction of sp³-hybridized carbons (Fsp3) is 0.167. The number of para-hydroxylation sites is 1. The van der Waals surface area contributed by atoms with Crippen molar-refractivity contribution in [3.8, 4) is 0 Å². The van der Waals surface area contributed by atoms with E-state index in [4.69, 9.17) is 34.8 Å². The van der Waals surface area contributed by atoms with Gasteiger partial charge in [-0.3, -0.25) is 10.1 Å². The number of carbonyl (C=O) groups excluding carboxylic acids is 2. The highest BCUT2D eigenvalue weighted by Gasteiger charge is 2.19. The van der Waals surface area contributed by atoms with E-state index in [1.165, 1.54) is 6.07 Å². The molecule has 2 rings (SSSR count). The quantitative estimate of drug-likeness (QED) is 0.626. The number of hydrogen-bond donors (Lipinski definition) is 2. The summed E-state index contributed by atoms with van der Waals surface area (Å²) in [5, 5.41) is 4.77. The molecule has 0 aliphatic rings. The molecule has 1 aromatic carbocycles. The molecule has 5 nitrogen and oxygen atoms in total. The molecule has 0 unspecified atom stereocenters. The Kier molecular flexibility index (Phi) is 6.64. The lowest BCUT2D eigenvalue weighted by atomic mass is 9.97. The first-order chi connectivity index (χ1) is 12.2. The Labute approximate surface area is 166 Å². The Morgan fingerprint density at radius 3 is 2.50 bits per heavy atom. The average Bonchev–Trinajstić information content (AvgIpc) is 2.57. The fourth-order valence-electron chi connectivity index (χ4n) is 2.30. The van der Waals surface area contributed by atoms with Crippen LogP contribution in [0.15, 0.2) is 30.8 Å². The molecule has 0 aliphatic heterocycles. The smallest absolute Gasteiger partial charge is 0.307 e. The summed E-state index contributed by atoms with van der Waals surface area (Å²) in [5.41, 5.74) is 2.19. The number of carbonyl (C=O) groups is 2. The number of aromatic nitrogens is 1. The van der Waals surface area contributed by atoms with Gasteiger partial charge in [0.05, 0.1) is 16.3 Å². The van der Waals surface area contributed by atoms with E-state index in [0.29, 0.717) is 5.69 Å². The van der Waals surface area contributed by atoms with Crippen molar-refractivity contribution in [2.45, 2.75) is 19.8 Å². The third-order valence-electron chi connectivity index (χ3n) is 3.57. The summed E-state index contributed by atoms with van der Waals surface area (Å²) in [6.45, 7) is 7.74. The van der Waals surface area contributed by atoms with E-state index >= 15 is 0 Å². The monoisotopic (exact) mass is 411 g/mol. The third kappa shape index (κ3) is 4.55. The molecule has 8 heteroatoms. The first-order valence-corrected chi connectivity index (χ1v) is 8.77. The number of hydrogen-bond acceptors (Lipinski definition) is 3. The van der Waals surface area contributed by atoms with Gasteiger partial charge in [0.25, 0.3) is 5.91 Å². The van der Waals surface area contributed by atoms with Gasteiger partial charge in [0.15, 0.2) is 0 Å². The molecule has 3 amide bonds. The van der Waals surface area contributed by atoms with Crippen molar-refractivity contribution in [3.63, 3.8) is 0 Å².